The lowest BCUT2D eigenvalue weighted by molar-refractivity contribution is 0.143. The van der Waals surface area contributed by atoms with Gasteiger partial charge in [-0.3, -0.25) is 0 Å². The monoisotopic (exact) mass is 176 g/mol. The Morgan fingerprint density at radius 1 is 1.36 bits per heavy atom. The molecule has 11 heavy (non-hydrogen) atoms. The van der Waals surface area contributed by atoms with E-state index in [1.165, 1.54) is 0 Å². The van der Waals surface area contributed by atoms with Crippen molar-refractivity contribution < 1.29 is 8.78 Å². The first-order chi connectivity index (χ1) is 5.04. The maximum absolute atomic E-state index is 11.8. The zero-order chi connectivity index (χ0) is 8.91. The van der Waals surface area contributed by atoms with Gasteiger partial charge in [-0.25, -0.2) is 8.78 Å². The van der Waals surface area contributed by atoms with Crippen LogP contribution < -0.4 is 0 Å². The highest BCUT2D eigenvalue weighted by atomic mass is 28.3. The normalized spacial score (nSPS) is 11.6. The van der Waals surface area contributed by atoms with E-state index < -0.39 is 14.5 Å². The molecule has 0 saturated carbocycles. The van der Waals surface area contributed by atoms with E-state index in [4.69, 9.17) is 0 Å². The molecule has 0 aromatic rings. The molecule has 0 amide bonds. The van der Waals surface area contributed by atoms with E-state index in [9.17, 15) is 8.78 Å². The highest BCUT2D eigenvalue weighted by Gasteiger charge is 2.20. The molecule has 0 rings (SSSR count). The largest absolute Gasteiger partial charge is 0.238 e. The molecule has 0 aliphatic carbocycles. The van der Waals surface area contributed by atoms with Crippen molar-refractivity contribution in [1.29, 1.82) is 0 Å². The average molecular weight is 176 g/mol. The summed E-state index contributed by atoms with van der Waals surface area (Å²) < 4.78 is 23.6. The predicted molar refractivity (Wildman–Crippen MR) is 47.4 cm³/mol. The molecule has 0 aliphatic rings. The summed E-state index contributed by atoms with van der Waals surface area (Å²) in [7, 11) is -1.71. The standard InChI is InChI=1S/C8H14F2Si/c1-4-11(3,5-2)7-6-8(9)10/h4-5,8H,1-2,6-7H2,3H3. The zero-order valence-corrected chi connectivity index (χ0v) is 7.82. The molecule has 0 unspecified atom stereocenters. The van der Waals surface area contributed by atoms with E-state index >= 15 is 0 Å². The molecule has 0 bridgehead atoms. The van der Waals surface area contributed by atoms with Gasteiger partial charge in [0.25, 0.3) is 0 Å². The summed E-state index contributed by atoms with van der Waals surface area (Å²) in [5.74, 6) is 0. The molecule has 0 fully saturated rings. The number of hydrogen-bond donors (Lipinski definition) is 0. The fourth-order valence-corrected chi connectivity index (χ4v) is 2.12. The Kier molecular flexibility index (Phi) is 4.26. The fraction of sp³-hybridized carbons (Fsp3) is 0.500. The lowest BCUT2D eigenvalue weighted by atomic mass is 10.5. The van der Waals surface area contributed by atoms with E-state index in [1.807, 2.05) is 6.55 Å². The Morgan fingerprint density at radius 3 is 2.09 bits per heavy atom. The number of alkyl halides is 2. The highest BCUT2D eigenvalue weighted by molar-refractivity contribution is 6.87. The SMILES string of the molecule is C=C[Si](C)(C=C)CCC(F)F. The molecular formula is C8H14F2Si. The Bertz CT molecular complexity index is 135. The van der Waals surface area contributed by atoms with Crippen molar-refractivity contribution in [2.75, 3.05) is 0 Å². The molecule has 3 heteroatoms. The molecule has 0 aliphatic heterocycles. The van der Waals surface area contributed by atoms with Crippen LogP contribution in [0.4, 0.5) is 8.78 Å². The van der Waals surface area contributed by atoms with Gasteiger partial charge >= 0.3 is 0 Å². The van der Waals surface area contributed by atoms with Gasteiger partial charge in [0.1, 0.15) is 0 Å². The van der Waals surface area contributed by atoms with Crippen molar-refractivity contribution in [3.05, 3.63) is 24.6 Å². The van der Waals surface area contributed by atoms with Crippen LogP contribution in [0.1, 0.15) is 6.42 Å². The van der Waals surface area contributed by atoms with Gasteiger partial charge in [0.15, 0.2) is 0 Å². The van der Waals surface area contributed by atoms with Crippen molar-refractivity contribution >= 4 is 8.07 Å². The van der Waals surface area contributed by atoms with Gasteiger partial charge in [-0.1, -0.05) is 17.9 Å². The first-order valence-electron chi connectivity index (χ1n) is 3.59. The third kappa shape index (κ3) is 4.09. The maximum atomic E-state index is 11.8. The predicted octanol–water partition coefficient (Wildman–Crippen LogP) is 3.17. The minimum absolute atomic E-state index is 0.0270. The van der Waals surface area contributed by atoms with Crippen molar-refractivity contribution in [1.82, 2.24) is 0 Å². The topological polar surface area (TPSA) is 0 Å². The van der Waals surface area contributed by atoms with Crippen LogP contribution in [0.5, 0.6) is 0 Å². The first-order valence-corrected chi connectivity index (χ1v) is 6.45. The van der Waals surface area contributed by atoms with Gasteiger partial charge in [-0.15, -0.1) is 13.2 Å². The molecule has 0 aromatic carbocycles. The molecule has 0 spiro atoms. The Labute approximate surface area is 67.6 Å². The first kappa shape index (κ1) is 10.6. The van der Waals surface area contributed by atoms with Crippen LogP contribution >= 0.6 is 0 Å². The molecule has 0 saturated heterocycles. The summed E-state index contributed by atoms with van der Waals surface area (Å²) in [5, 5.41) is 0. The number of halogens is 2. The average Bonchev–Trinajstić information content (AvgIpc) is 2.00. The second-order valence-corrected chi connectivity index (χ2v) is 7.17. The van der Waals surface area contributed by atoms with Crippen LogP contribution in [0.2, 0.25) is 12.6 Å². The quantitative estimate of drug-likeness (QED) is 0.564. The van der Waals surface area contributed by atoms with Gasteiger partial charge in [-0.05, 0) is 6.04 Å². The second kappa shape index (κ2) is 4.44. The molecule has 0 atom stereocenters. The molecule has 0 heterocycles. The minimum atomic E-state index is -2.19. The smallest absolute Gasteiger partial charge is 0.211 e. The van der Waals surface area contributed by atoms with Crippen molar-refractivity contribution in [2.45, 2.75) is 25.4 Å². The van der Waals surface area contributed by atoms with Crippen LogP contribution in [0, 0.1) is 0 Å². The summed E-state index contributed by atoms with van der Waals surface area (Å²) in [5.41, 5.74) is 3.59. The molecule has 0 aromatic heterocycles. The van der Waals surface area contributed by atoms with Crippen molar-refractivity contribution in [3.8, 4) is 0 Å². The molecular weight excluding hydrogens is 162 g/mol. The summed E-state index contributed by atoms with van der Waals surface area (Å²) in [6.07, 6.45) is -2.22. The molecule has 0 N–H and O–H groups in total. The van der Waals surface area contributed by atoms with Gasteiger partial charge in [0.05, 0.1) is 8.07 Å². The van der Waals surface area contributed by atoms with Crippen molar-refractivity contribution in [2.24, 2.45) is 0 Å². The molecule has 0 radical (unpaired) electrons. The molecule has 64 valence electrons. The van der Waals surface area contributed by atoms with E-state index in [1.54, 1.807) is 11.4 Å². The zero-order valence-electron chi connectivity index (χ0n) is 6.82. The Balaban J connectivity index is 3.88. The Morgan fingerprint density at radius 2 is 1.82 bits per heavy atom. The van der Waals surface area contributed by atoms with E-state index in [-0.39, 0.29) is 6.42 Å². The van der Waals surface area contributed by atoms with Crippen LogP contribution in [-0.2, 0) is 0 Å². The fourth-order valence-electron chi connectivity index (χ4n) is 0.708. The lowest BCUT2D eigenvalue weighted by Crippen LogP contribution is -2.24. The summed E-state index contributed by atoms with van der Waals surface area (Å²) in [6, 6.07) is 0.553. The van der Waals surface area contributed by atoms with Crippen LogP contribution in [0.3, 0.4) is 0 Å². The molecule has 0 nitrogen and oxygen atoms in total. The summed E-state index contributed by atoms with van der Waals surface area (Å²) >= 11 is 0. The lowest BCUT2D eigenvalue weighted by Gasteiger charge is -2.17. The van der Waals surface area contributed by atoms with E-state index in [0.29, 0.717) is 6.04 Å². The third-order valence-corrected chi connectivity index (χ3v) is 5.07. The van der Waals surface area contributed by atoms with E-state index in [0.717, 1.165) is 0 Å². The van der Waals surface area contributed by atoms with Gasteiger partial charge in [0.2, 0.25) is 6.43 Å². The van der Waals surface area contributed by atoms with Crippen LogP contribution in [0.15, 0.2) is 24.6 Å². The van der Waals surface area contributed by atoms with Gasteiger partial charge in [0, 0.05) is 6.42 Å². The highest BCUT2D eigenvalue weighted by Crippen LogP contribution is 2.17. The van der Waals surface area contributed by atoms with E-state index in [2.05, 4.69) is 13.2 Å². The van der Waals surface area contributed by atoms with Crippen molar-refractivity contribution in [3.63, 3.8) is 0 Å². The van der Waals surface area contributed by atoms with Crippen LogP contribution in [-0.4, -0.2) is 14.5 Å². The third-order valence-electron chi connectivity index (χ3n) is 1.83. The summed E-state index contributed by atoms with van der Waals surface area (Å²) in [4.78, 5) is 0. The maximum Gasteiger partial charge on any atom is 0.238 e. The second-order valence-electron chi connectivity index (χ2n) is 2.84. The van der Waals surface area contributed by atoms with Gasteiger partial charge < -0.3 is 0 Å². The van der Waals surface area contributed by atoms with Gasteiger partial charge in [-0.2, -0.15) is 0 Å². The summed E-state index contributed by atoms with van der Waals surface area (Å²) in [6.45, 7) is 9.24. The minimum Gasteiger partial charge on any atom is -0.211 e. The Hall–Kier alpha value is -0.443. The number of hydrogen-bond acceptors (Lipinski definition) is 0. The number of rotatable bonds is 5. The van der Waals surface area contributed by atoms with Crippen LogP contribution in [0.25, 0.3) is 0 Å².